The molecule has 3 rings (SSSR count). The number of fused-ring (bicyclic) bond motifs is 1. The Morgan fingerprint density at radius 2 is 2.05 bits per heavy atom. The molecule has 2 atom stereocenters. The smallest absolute Gasteiger partial charge is 0.410 e. The Hall–Kier alpha value is -1.55. The third kappa shape index (κ3) is 2.29. The number of cyclic esters (lactones) is 1. The lowest BCUT2D eigenvalue weighted by Gasteiger charge is -2.23. The molecule has 1 amide bonds. The van der Waals surface area contributed by atoms with E-state index in [4.69, 9.17) is 4.74 Å². The summed E-state index contributed by atoms with van der Waals surface area (Å²) in [5, 5.41) is 3.07. The summed E-state index contributed by atoms with van der Waals surface area (Å²) in [6, 6.07) is 14.5. The molecule has 20 heavy (non-hydrogen) atoms. The van der Waals surface area contributed by atoms with Gasteiger partial charge in [0.05, 0.1) is 12.6 Å². The molecule has 4 heteroatoms. The zero-order valence-corrected chi connectivity index (χ0v) is 12.8. The van der Waals surface area contributed by atoms with Crippen LogP contribution >= 0.6 is 15.9 Å². The first-order valence-electron chi connectivity index (χ1n) is 6.71. The standard InChI is InChI=1S/C16H16BrNO2/c1-11(18-10-13(9-17)20-16(18)19)14-8-4-6-12-5-2-3-7-15(12)14/h2-8,11,13H,9-10H2,1H3/t11-,13+/m0/s1. The highest BCUT2D eigenvalue weighted by Crippen LogP contribution is 2.31. The zero-order valence-electron chi connectivity index (χ0n) is 11.3. The summed E-state index contributed by atoms with van der Waals surface area (Å²) < 4.78 is 5.32. The highest BCUT2D eigenvalue weighted by molar-refractivity contribution is 9.09. The number of carbonyl (C=O) groups excluding carboxylic acids is 1. The van der Waals surface area contributed by atoms with Crippen LogP contribution in [-0.2, 0) is 4.74 Å². The van der Waals surface area contributed by atoms with Crippen molar-refractivity contribution in [2.45, 2.75) is 19.1 Å². The van der Waals surface area contributed by atoms with E-state index in [-0.39, 0.29) is 18.2 Å². The van der Waals surface area contributed by atoms with Crippen molar-refractivity contribution in [3.63, 3.8) is 0 Å². The van der Waals surface area contributed by atoms with Crippen LogP contribution in [0.3, 0.4) is 0 Å². The van der Waals surface area contributed by atoms with Gasteiger partial charge in [-0.1, -0.05) is 58.4 Å². The Morgan fingerprint density at radius 1 is 1.30 bits per heavy atom. The highest BCUT2D eigenvalue weighted by Gasteiger charge is 2.34. The number of hydrogen-bond donors (Lipinski definition) is 0. The van der Waals surface area contributed by atoms with Crippen molar-refractivity contribution < 1.29 is 9.53 Å². The number of carbonyl (C=O) groups is 1. The molecule has 1 heterocycles. The lowest BCUT2D eigenvalue weighted by molar-refractivity contribution is 0.135. The number of rotatable bonds is 3. The van der Waals surface area contributed by atoms with E-state index in [0.717, 1.165) is 5.56 Å². The number of alkyl halides is 1. The van der Waals surface area contributed by atoms with Gasteiger partial charge in [0.15, 0.2) is 0 Å². The van der Waals surface area contributed by atoms with Gasteiger partial charge >= 0.3 is 6.09 Å². The van der Waals surface area contributed by atoms with Gasteiger partial charge in [0.2, 0.25) is 0 Å². The molecule has 0 saturated carbocycles. The number of amides is 1. The Bertz CT molecular complexity index is 638. The minimum absolute atomic E-state index is 0.0117. The summed E-state index contributed by atoms with van der Waals surface area (Å²) in [4.78, 5) is 13.8. The SMILES string of the molecule is C[C@@H](c1cccc2ccccc12)N1C[C@@H](CBr)OC1=O. The number of halogens is 1. The second-order valence-corrected chi connectivity index (χ2v) is 5.70. The lowest BCUT2D eigenvalue weighted by atomic mass is 9.99. The van der Waals surface area contributed by atoms with Crippen LogP contribution in [0.1, 0.15) is 18.5 Å². The van der Waals surface area contributed by atoms with E-state index in [1.165, 1.54) is 10.8 Å². The predicted molar refractivity (Wildman–Crippen MR) is 83.1 cm³/mol. The number of nitrogens with zero attached hydrogens (tertiary/aromatic N) is 1. The van der Waals surface area contributed by atoms with E-state index in [1.54, 1.807) is 4.90 Å². The van der Waals surface area contributed by atoms with Crippen LogP contribution < -0.4 is 0 Å². The molecular formula is C16H16BrNO2. The Balaban J connectivity index is 1.97. The highest BCUT2D eigenvalue weighted by atomic mass is 79.9. The largest absolute Gasteiger partial charge is 0.443 e. The van der Waals surface area contributed by atoms with Crippen molar-refractivity contribution in [3.05, 3.63) is 48.0 Å². The molecule has 1 saturated heterocycles. The van der Waals surface area contributed by atoms with Crippen LogP contribution in [0, 0.1) is 0 Å². The van der Waals surface area contributed by atoms with Gasteiger partial charge in [0, 0.05) is 5.33 Å². The average molecular weight is 334 g/mol. The van der Waals surface area contributed by atoms with Gasteiger partial charge in [-0.3, -0.25) is 4.90 Å². The zero-order chi connectivity index (χ0) is 14.1. The Labute approximate surface area is 126 Å². The summed E-state index contributed by atoms with van der Waals surface area (Å²) in [6.45, 7) is 2.69. The van der Waals surface area contributed by atoms with Gasteiger partial charge in [0.1, 0.15) is 6.10 Å². The molecule has 0 bridgehead atoms. The maximum Gasteiger partial charge on any atom is 0.410 e. The summed E-state index contributed by atoms with van der Waals surface area (Å²) in [7, 11) is 0. The van der Waals surface area contributed by atoms with Crippen LogP contribution in [-0.4, -0.2) is 29.0 Å². The first-order chi connectivity index (χ1) is 9.70. The lowest BCUT2D eigenvalue weighted by Crippen LogP contribution is -2.28. The van der Waals surface area contributed by atoms with E-state index >= 15 is 0 Å². The predicted octanol–water partition coefficient (Wildman–Crippen LogP) is 4.12. The van der Waals surface area contributed by atoms with Crippen molar-refractivity contribution in [1.29, 1.82) is 0 Å². The molecule has 2 aromatic rings. The molecule has 0 radical (unpaired) electrons. The normalized spacial score (nSPS) is 20.2. The second kappa shape index (κ2) is 5.44. The van der Waals surface area contributed by atoms with Crippen molar-refractivity contribution in [2.24, 2.45) is 0 Å². The van der Waals surface area contributed by atoms with Gasteiger partial charge in [-0.2, -0.15) is 0 Å². The third-order valence-corrected chi connectivity index (χ3v) is 4.54. The molecule has 0 spiro atoms. The van der Waals surface area contributed by atoms with Crippen LogP contribution in [0.15, 0.2) is 42.5 Å². The fraction of sp³-hybridized carbons (Fsp3) is 0.312. The molecule has 3 nitrogen and oxygen atoms in total. The molecule has 2 aromatic carbocycles. The van der Waals surface area contributed by atoms with Crippen molar-refractivity contribution >= 4 is 32.8 Å². The van der Waals surface area contributed by atoms with Crippen molar-refractivity contribution in [1.82, 2.24) is 4.90 Å². The van der Waals surface area contributed by atoms with Gasteiger partial charge in [0.25, 0.3) is 0 Å². The first-order valence-corrected chi connectivity index (χ1v) is 7.83. The average Bonchev–Trinajstić information content (AvgIpc) is 2.87. The maximum atomic E-state index is 12.0. The minimum Gasteiger partial charge on any atom is -0.443 e. The number of benzene rings is 2. The van der Waals surface area contributed by atoms with E-state index in [9.17, 15) is 4.79 Å². The van der Waals surface area contributed by atoms with E-state index in [1.807, 2.05) is 18.2 Å². The quantitative estimate of drug-likeness (QED) is 0.791. The van der Waals surface area contributed by atoms with Crippen molar-refractivity contribution in [3.8, 4) is 0 Å². The van der Waals surface area contributed by atoms with Gasteiger partial charge in [-0.05, 0) is 23.3 Å². The fourth-order valence-electron chi connectivity index (χ4n) is 2.72. The molecule has 0 unspecified atom stereocenters. The van der Waals surface area contributed by atoms with Gasteiger partial charge in [-0.25, -0.2) is 4.79 Å². The topological polar surface area (TPSA) is 29.5 Å². The number of hydrogen-bond acceptors (Lipinski definition) is 2. The summed E-state index contributed by atoms with van der Waals surface area (Å²) in [5.41, 5.74) is 1.16. The second-order valence-electron chi connectivity index (χ2n) is 5.06. The molecule has 1 fully saturated rings. The Morgan fingerprint density at radius 3 is 2.80 bits per heavy atom. The van der Waals surface area contributed by atoms with E-state index in [2.05, 4.69) is 47.1 Å². The Kier molecular flexibility index (Phi) is 3.66. The molecular weight excluding hydrogens is 318 g/mol. The molecule has 0 N–H and O–H groups in total. The van der Waals surface area contributed by atoms with Gasteiger partial charge in [-0.15, -0.1) is 0 Å². The van der Waals surface area contributed by atoms with Crippen LogP contribution in [0.25, 0.3) is 10.8 Å². The fourth-order valence-corrected chi connectivity index (χ4v) is 3.06. The summed E-state index contributed by atoms with van der Waals surface area (Å²) in [6.07, 6.45) is -0.283. The van der Waals surface area contributed by atoms with Crippen LogP contribution in [0.2, 0.25) is 0 Å². The third-order valence-electron chi connectivity index (χ3n) is 3.82. The molecule has 104 valence electrons. The minimum atomic E-state index is -0.227. The molecule has 1 aliphatic rings. The van der Waals surface area contributed by atoms with E-state index < -0.39 is 0 Å². The number of ether oxygens (including phenoxy) is 1. The molecule has 0 aromatic heterocycles. The summed E-state index contributed by atoms with van der Waals surface area (Å²) >= 11 is 3.37. The van der Waals surface area contributed by atoms with Gasteiger partial charge < -0.3 is 4.74 Å². The van der Waals surface area contributed by atoms with E-state index in [0.29, 0.717) is 11.9 Å². The summed E-state index contributed by atoms with van der Waals surface area (Å²) in [5.74, 6) is 0. The van der Waals surface area contributed by atoms with Crippen LogP contribution in [0.4, 0.5) is 4.79 Å². The molecule has 0 aliphatic carbocycles. The molecule has 1 aliphatic heterocycles. The van der Waals surface area contributed by atoms with Crippen LogP contribution in [0.5, 0.6) is 0 Å². The maximum absolute atomic E-state index is 12.0. The monoisotopic (exact) mass is 333 g/mol. The van der Waals surface area contributed by atoms with Crippen molar-refractivity contribution in [2.75, 3.05) is 11.9 Å². The first kappa shape index (κ1) is 13.4.